The van der Waals surface area contributed by atoms with Crippen LogP contribution in [0.15, 0.2) is 236 Å². The number of imidazole rings is 1. The first-order valence-electron chi connectivity index (χ1n) is 36.3. The maximum absolute atomic E-state index is 10.5. The number of fused-ring (bicyclic) bond motifs is 4. The number of hydrogen-bond acceptors (Lipinski definition) is 2. The van der Waals surface area contributed by atoms with Gasteiger partial charge in [0.25, 0.3) is 6.33 Å². The molecule has 0 aliphatic rings. The monoisotopic (exact) mass is 1290 g/mol. The third kappa shape index (κ3) is 10.7. The fourth-order valence-corrected chi connectivity index (χ4v) is 10.4. The van der Waals surface area contributed by atoms with E-state index in [2.05, 4.69) is 82.8 Å². The average molecular weight is 1290 g/mol. The van der Waals surface area contributed by atoms with Gasteiger partial charge in [0.05, 0.1) is 41.4 Å². The Kier molecular flexibility index (Phi) is 9.98. The Hall–Kier alpha value is -8.89. The number of rotatable bonds is 10. The van der Waals surface area contributed by atoms with E-state index >= 15 is 0 Å². The minimum absolute atomic E-state index is 0. The van der Waals surface area contributed by atoms with Gasteiger partial charge in [0, 0.05) is 44.3 Å². The van der Waals surface area contributed by atoms with E-state index in [0.29, 0.717) is 39.4 Å². The number of benzene rings is 10. The largest absolute Gasteiger partial charge is 0.510 e. The van der Waals surface area contributed by atoms with Crippen LogP contribution in [0, 0.1) is 18.5 Å². The summed E-state index contributed by atoms with van der Waals surface area (Å²) in [7, 11) is 0. The van der Waals surface area contributed by atoms with Crippen LogP contribution in [0.2, 0.25) is 0 Å². The smallest absolute Gasteiger partial charge is 0.268 e. The second kappa shape index (κ2) is 22.0. The molecule has 0 N–H and O–H groups in total. The standard InChI is InChI=1S/C78H66N4O.Pt/c1-76(2,3)60-35-32-54(33-36-60)56-34-39-71-73(45-56)80(63-28-21-29-64(49-63)83-65-37-38-67-66-30-19-20-31-70(66)82(72(67)50-65)74-48-61(40-41-79-74)77(4,5)6)51-81(71)75-68(55-26-17-12-18-27-55)46-62(78(7,8)9)47-69(75)59-43-57(52-22-13-10-14-23-52)42-58(44-59)53-24-15-11-16-25-53;/h10-48H,1-9H3;/q-2;/i10D,11D,12D,13D,14D,15D,16D,17D,18D,22D,23D,24D,25D,26D,27D,42D,43D,44D;. The topological polar surface area (TPSA) is 35.9 Å². The van der Waals surface area contributed by atoms with Crippen LogP contribution in [-0.4, -0.2) is 14.1 Å². The van der Waals surface area contributed by atoms with E-state index in [0.717, 1.165) is 38.5 Å². The van der Waals surface area contributed by atoms with E-state index in [-0.39, 0.29) is 60.0 Å². The molecule has 0 bridgehead atoms. The first kappa shape index (κ1) is 38.1. The summed E-state index contributed by atoms with van der Waals surface area (Å²) < 4.78 is 179. The van der Waals surface area contributed by atoms with Gasteiger partial charge in [0.2, 0.25) is 0 Å². The fourth-order valence-electron chi connectivity index (χ4n) is 10.4. The predicted octanol–water partition coefficient (Wildman–Crippen LogP) is 19.8. The van der Waals surface area contributed by atoms with Gasteiger partial charge in [-0.15, -0.1) is 29.7 Å². The summed E-state index contributed by atoms with van der Waals surface area (Å²) >= 11 is 0. The van der Waals surface area contributed by atoms with Gasteiger partial charge in [-0.2, -0.15) is 18.2 Å². The van der Waals surface area contributed by atoms with E-state index in [1.807, 2.05) is 87.5 Å². The van der Waals surface area contributed by atoms with Crippen molar-refractivity contribution in [1.29, 1.82) is 0 Å². The van der Waals surface area contributed by atoms with Crippen LogP contribution in [0.25, 0.3) is 106 Å². The van der Waals surface area contributed by atoms with Crippen molar-refractivity contribution < 1.29 is 55.0 Å². The van der Waals surface area contributed by atoms with Crippen LogP contribution < -0.4 is 9.30 Å². The zero-order chi connectivity index (χ0) is 72.9. The minimum atomic E-state index is -0.928. The summed E-state index contributed by atoms with van der Waals surface area (Å²) in [4.78, 5) is 4.85. The fraction of sp³-hybridized carbons (Fsp3) is 0.154. The quantitative estimate of drug-likeness (QED) is 0.101. The molecule has 3 aromatic heterocycles. The van der Waals surface area contributed by atoms with E-state index in [1.165, 1.54) is 0 Å². The van der Waals surface area contributed by atoms with Crippen molar-refractivity contribution in [2.45, 2.75) is 78.6 Å². The first-order chi connectivity index (χ1) is 47.5. The maximum atomic E-state index is 10.5. The van der Waals surface area contributed by atoms with Crippen LogP contribution in [0.3, 0.4) is 0 Å². The molecule has 0 fully saturated rings. The first-order valence-corrected chi connectivity index (χ1v) is 27.3. The molecule has 416 valence electrons. The van der Waals surface area contributed by atoms with Gasteiger partial charge >= 0.3 is 0 Å². The second-order valence-corrected chi connectivity index (χ2v) is 23.6. The van der Waals surface area contributed by atoms with Crippen molar-refractivity contribution in [1.82, 2.24) is 14.1 Å². The Labute approximate surface area is 534 Å². The zero-order valence-corrected chi connectivity index (χ0v) is 49.9. The summed E-state index contributed by atoms with van der Waals surface area (Å²) in [6.45, 7) is 18.3. The molecule has 0 spiro atoms. The van der Waals surface area contributed by atoms with Crippen LogP contribution in [0.4, 0.5) is 0 Å². The van der Waals surface area contributed by atoms with Crippen molar-refractivity contribution in [2.24, 2.45) is 0 Å². The molecule has 3 heterocycles. The Balaban J connectivity index is 0.00000982. The van der Waals surface area contributed by atoms with E-state index < -0.39 is 142 Å². The molecule has 0 aliphatic heterocycles. The molecule has 84 heavy (non-hydrogen) atoms. The molecule has 5 nitrogen and oxygen atoms in total. The zero-order valence-electron chi connectivity index (χ0n) is 65.6. The minimum Gasteiger partial charge on any atom is -0.510 e. The summed E-state index contributed by atoms with van der Waals surface area (Å²) in [6.07, 6.45) is 5.34. The number of pyridine rings is 1. The SMILES string of the molecule is [2H]c1c([2H])c([2H])c(-c2cc(C(C)(C)C)cc(-c3c([2H])c(-c4c([2H])c([2H])c([2H])c([2H])c4[2H])c([2H])c(-c4c([2H])c([2H])c([2H])c([2H])c4[2H])c3[2H])c2-[n+]2[c-]n(-c3[c-]c(Oc4[c-]c5c(cc4)c4ccccc4n5-c4cc(C(C)(C)C)ccn4)ccc3)c3cc(-c4ccc(C(C)(C)C)cc4)ccc32)c([2H])c1[2H].[Pt]. The van der Waals surface area contributed by atoms with Crippen molar-refractivity contribution in [3.05, 3.63) is 271 Å². The van der Waals surface area contributed by atoms with Gasteiger partial charge < -0.3 is 13.9 Å². The number of nitrogens with zero attached hydrogens (tertiary/aromatic N) is 4. The molecular weight excluding hydrogens is 1200 g/mol. The molecule has 0 radical (unpaired) electrons. The summed E-state index contributed by atoms with van der Waals surface area (Å²) in [6, 6.07) is 31.0. The van der Waals surface area contributed by atoms with Crippen LogP contribution in [-0.2, 0) is 37.3 Å². The van der Waals surface area contributed by atoms with Gasteiger partial charge in [-0.05, 0) is 142 Å². The molecule has 0 saturated heterocycles. The molecule has 0 aliphatic carbocycles. The Bertz CT molecular complexity index is 5510. The van der Waals surface area contributed by atoms with Gasteiger partial charge in [0.15, 0.2) is 0 Å². The van der Waals surface area contributed by atoms with Gasteiger partial charge in [-0.25, -0.2) is 4.98 Å². The summed E-state index contributed by atoms with van der Waals surface area (Å²) in [5, 5.41) is 1.89. The van der Waals surface area contributed by atoms with Gasteiger partial charge in [-0.3, -0.25) is 4.57 Å². The molecule has 6 heteroatoms. The molecule has 10 aromatic carbocycles. The van der Waals surface area contributed by atoms with Gasteiger partial charge in [0.1, 0.15) is 5.82 Å². The molecule has 0 amide bonds. The Morgan fingerprint density at radius 1 is 0.464 bits per heavy atom. The predicted molar refractivity (Wildman–Crippen MR) is 343 cm³/mol. The second-order valence-electron chi connectivity index (χ2n) is 23.6. The van der Waals surface area contributed by atoms with E-state index in [9.17, 15) is 12.3 Å². The number of hydrogen-bond donors (Lipinski definition) is 0. The summed E-state index contributed by atoms with van der Waals surface area (Å²) in [5.74, 6) is 1.28. The van der Waals surface area contributed by atoms with Crippen LogP contribution >= 0.6 is 0 Å². The third-order valence-electron chi connectivity index (χ3n) is 14.8. The Morgan fingerprint density at radius 2 is 1.05 bits per heavy atom. The molecule has 0 saturated carbocycles. The maximum Gasteiger partial charge on any atom is 0.268 e. The average Bonchev–Trinajstić information content (AvgIpc) is 1.12. The van der Waals surface area contributed by atoms with Crippen LogP contribution in [0.1, 0.15) is 104 Å². The van der Waals surface area contributed by atoms with Crippen molar-refractivity contribution in [2.75, 3.05) is 0 Å². The van der Waals surface area contributed by atoms with Crippen molar-refractivity contribution in [3.63, 3.8) is 0 Å². The Morgan fingerprint density at radius 3 is 1.69 bits per heavy atom. The number of para-hydroxylation sites is 1. The molecule has 13 aromatic rings. The molecule has 0 unspecified atom stereocenters. The van der Waals surface area contributed by atoms with Crippen molar-refractivity contribution >= 4 is 32.8 Å². The molecular formula is C78H66N4OPt-2. The summed E-state index contributed by atoms with van der Waals surface area (Å²) in [5.41, 5.74) is 1.85. The van der Waals surface area contributed by atoms with Crippen molar-refractivity contribution in [3.8, 4) is 84.3 Å². The third-order valence-corrected chi connectivity index (χ3v) is 14.8. The normalized spacial score (nSPS) is 15.0. The van der Waals surface area contributed by atoms with E-state index in [1.54, 1.807) is 51.7 Å². The number of ether oxygens (including phenoxy) is 1. The number of aromatic nitrogens is 4. The van der Waals surface area contributed by atoms with Gasteiger partial charge in [-0.1, -0.05) is 225 Å². The molecule has 13 rings (SSSR count). The molecule has 0 atom stereocenters. The van der Waals surface area contributed by atoms with E-state index in [4.69, 9.17) is 22.1 Å². The van der Waals surface area contributed by atoms with Crippen LogP contribution in [0.5, 0.6) is 11.5 Å².